The Balaban J connectivity index is 2.00. The summed E-state index contributed by atoms with van der Waals surface area (Å²) in [6, 6.07) is 2.23. The van der Waals surface area contributed by atoms with Crippen molar-refractivity contribution in [1.82, 2.24) is 10.3 Å². The Morgan fingerprint density at radius 2 is 2.28 bits per heavy atom. The number of carbonyl (C=O) groups excluding carboxylic acids is 1. The van der Waals surface area contributed by atoms with Crippen LogP contribution in [-0.4, -0.2) is 35.2 Å². The van der Waals surface area contributed by atoms with Crippen LogP contribution in [0.4, 0.5) is 10.5 Å². The summed E-state index contributed by atoms with van der Waals surface area (Å²) in [6.07, 6.45) is 4.87. The van der Waals surface area contributed by atoms with E-state index in [0.29, 0.717) is 5.69 Å². The van der Waals surface area contributed by atoms with Gasteiger partial charge in [0.25, 0.3) is 0 Å². The van der Waals surface area contributed by atoms with Gasteiger partial charge >= 0.3 is 12.0 Å². The zero-order valence-corrected chi connectivity index (χ0v) is 10.0. The summed E-state index contributed by atoms with van der Waals surface area (Å²) in [5.41, 5.74) is 0.620. The Morgan fingerprint density at radius 1 is 1.56 bits per heavy atom. The molecule has 1 aliphatic rings. The molecule has 0 bridgehead atoms. The fourth-order valence-electron chi connectivity index (χ4n) is 1.71. The first-order chi connectivity index (χ1) is 8.59. The maximum atomic E-state index is 11.9. The molecule has 1 atom stereocenters. The standard InChI is InChI=1S/C12H15N3O3/c1-15(9-3-2-6-13-7-9)12(18)14-10(11(16)17)8-4-5-8/h2-3,6-8,10H,4-5H2,1H3,(H,14,18)(H,16,17). The molecule has 0 aromatic carbocycles. The van der Waals surface area contributed by atoms with Crippen molar-refractivity contribution in [2.24, 2.45) is 5.92 Å². The van der Waals surface area contributed by atoms with E-state index in [1.165, 1.54) is 4.90 Å². The summed E-state index contributed by atoms with van der Waals surface area (Å²) in [6.45, 7) is 0. The Morgan fingerprint density at radius 3 is 2.78 bits per heavy atom. The van der Waals surface area contributed by atoms with E-state index in [1.807, 2.05) is 0 Å². The van der Waals surface area contributed by atoms with Crippen molar-refractivity contribution in [1.29, 1.82) is 0 Å². The predicted molar refractivity (Wildman–Crippen MR) is 65.3 cm³/mol. The number of carbonyl (C=O) groups is 2. The number of aliphatic carboxylic acids is 1. The largest absolute Gasteiger partial charge is 0.480 e. The minimum atomic E-state index is -0.981. The highest BCUT2D eigenvalue weighted by Gasteiger charge is 2.37. The molecule has 1 fully saturated rings. The molecule has 18 heavy (non-hydrogen) atoms. The molecule has 1 aromatic rings. The van der Waals surface area contributed by atoms with Crippen LogP contribution in [0.3, 0.4) is 0 Å². The van der Waals surface area contributed by atoms with Crippen LogP contribution in [-0.2, 0) is 4.79 Å². The Hall–Kier alpha value is -2.11. The van der Waals surface area contributed by atoms with Crippen molar-refractivity contribution in [3.63, 3.8) is 0 Å². The fourth-order valence-corrected chi connectivity index (χ4v) is 1.71. The molecular formula is C12H15N3O3. The molecule has 6 heteroatoms. The third-order valence-corrected chi connectivity index (χ3v) is 2.98. The molecule has 96 valence electrons. The normalized spacial score (nSPS) is 15.8. The molecule has 0 saturated heterocycles. The number of amides is 2. The topological polar surface area (TPSA) is 82.5 Å². The van der Waals surface area contributed by atoms with E-state index in [9.17, 15) is 9.59 Å². The number of hydrogen-bond donors (Lipinski definition) is 2. The van der Waals surface area contributed by atoms with Crippen LogP contribution in [0.2, 0.25) is 0 Å². The third kappa shape index (κ3) is 2.77. The second-order valence-electron chi connectivity index (χ2n) is 4.37. The molecule has 2 amide bonds. The molecular weight excluding hydrogens is 234 g/mol. The van der Waals surface area contributed by atoms with Gasteiger partial charge in [-0.25, -0.2) is 9.59 Å². The number of anilines is 1. The Labute approximate surface area is 105 Å². The molecule has 2 N–H and O–H groups in total. The van der Waals surface area contributed by atoms with E-state index in [1.54, 1.807) is 31.6 Å². The number of aromatic nitrogens is 1. The number of urea groups is 1. The number of pyridine rings is 1. The minimum Gasteiger partial charge on any atom is -0.480 e. The summed E-state index contributed by atoms with van der Waals surface area (Å²) >= 11 is 0. The lowest BCUT2D eigenvalue weighted by atomic mass is 10.2. The number of nitrogens with zero attached hydrogens (tertiary/aromatic N) is 2. The minimum absolute atomic E-state index is 0.0637. The van der Waals surface area contributed by atoms with E-state index in [-0.39, 0.29) is 5.92 Å². The molecule has 1 aromatic heterocycles. The van der Waals surface area contributed by atoms with Crippen molar-refractivity contribution in [3.8, 4) is 0 Å². The molecule has 1 aliphatic carbocycles. The molecule has 0 aliphatic heterocycles. The van der Waals surface area contributed by atoms with Crippen LogP contribution in [0.5, 0.6) is 0 Å². The summed E-state index contributed by atoms with van der Waals surface area (Å²) < 4.78 is 0. The van der Waals surface area contributed by atoms with Crippen LogP contribution in [0.1, 0.15) is 12.8 Å². The lowest BCUT2D eigenvalue weighted by molar-refractivity contribution is -0.139. The van der Waals surface area contributed by atoms with Crippen LogP contribution in [0.15, 0.2) is 24.5 Å². The number of hydrogen-bond acceptors (Lipinski definition) is 3. The average molecular weight is 249 g/mol. The molecule has 1 unspecified atom stereocenters. The number of nitrogens with one attached hydrogen (secondary N) is 1. The molecule has 6 nitrogen and oxygen atoms in total. The smallest absolute Gasteiger partial charge is 0.326 e. The third-order valence-electron chi connectivity index (χ3n) is 2.98. The van der Waals surface area contributed by atoms with Gasteiger partial charge in [0.1, 0.15) is 6.04 Å². The monoisotopic (exact) mass is 249 g/mol. The molecule has 0 radical (unpaired) electrons. The molecule has 2 rings (SSSR count). The van der Waals surface area contributed by atoms with Crippen LogP contribution in [0.25, 0.3) is 0 Å². The van der Waals surface area contributed by atoms with Gasteiger partial charge in [-0.2, -0.15) is 0 Å². The Kier molecular flexibility index (Phi) is 3.45. The van der Waals surface area contributed by atoms with Crippen molar-refractivity contribution in [2.75, 3.05) is 11.9 Å². The number of carboxylic acid groups (broad SMARTS) is 1. The zero-order valence-electron chi connectivity index (χ0n) is 10.0. The molecule has 1 saturated carbocycles. The average Bonchev–Trinajstić information content (AvgIpc) is 3.19. The van der Waals surface area contributed by atoms with Crippen LogP contribution >= 0.6 is 0 Å². The van der Waals surface area contributed by atoms with Crippen molar-refractivity contribution in [3.05, 3.63) is 24.5 Å². The summed E-state index contributed by atoms with van der Waals surface area (Å²) in [4.78, 5) is 28.2. The number of carboxylic acids is 1. The van der Waals surface area contributed by atoms with E-state index in [4.69, 9.17) is 5.11 Å². The SMILES string of the molecule is CN(C(=O)NC(C(=O)O)C1CC1)c1cccnc1. The van der Waals surface area contributed by atoms with E-state index >= 15 is 0 Å². The molecule has 0 spiro atoms. The van der Waals surface area contributed by atoms with Crippen molar-refractivity contribution >= 4 is 17.7 Å². The first kappa shape index (κ1) is 12.3. The van der Waals surface area contributed by atoms with Crippen molar-refractivity contribution in [2.45, 2.75) is 18.9 Å². The lowest BCUT2D eigenvalue weighted by Gasteiger charge is -2.21. The van der Waals surface area contributed by atoms with Gasteiger partial charge in [-0.3, -0.25) is 9.88 Å². The quantitative estimate of drug-likeness (QED) is 0.836. The fraction of sp³-hybridized carbons (Fsp3) is 0.417. The second kappa shape index (κ2) is 5.03. The van der Waals surface area contributed by atoms with E-state index in [2.05, 4.69) is 10.3 Å². The van der Waals surface area contributed by atoms with Gasteiger partial charge in [0.15, 0.2) is 0 Å². The number of rotatable bonds is 4. The van der Waals surface area contributed by atoms with Gasteiger partial charge in [0.05, 0.1) is 11.9 Å². The first-order valence-electron chi connectivity index (χ1n) is 5.76. The Bertz CT molecular complexity index is 445. The zero-order chi connectivity index (χ0) is 13.1. The van der Waals surface area contributed by atoms with Crippen molar-refractivity contribution < 1.29 is 14.7 Å². The van der Waals surface area contributed by atoms with Gasteiger partial charge in [-0.15, -0.1) is 0 Å². The highest BCUT2D eigenvalue weighted by molar-refractivity contribution is 5.94. The van der Waals surface area contributed by atoms with Gasteiger partial charge in [0, 0.05) is 13.2 Å². The second-order valence-corrected chi connectivity index (χ2v) is 4.37. The summed E-state index contributed by atoms with van der Waals surface area (Å²) in [5, 5.41) is 11.6. The first-order valence-corrected chi connectivity index (χ1v) is 5.76. The lowest BCUT2D eigenvalue weighted by Crippen LogP contribution is -2.48. The van der Waals surface area contributed by atoms with E-state index < -0.39 is 18.0 Å². The van der Waals surface area contributed by atoms with Crippen LogP contribution < -0.4 is 10.2 Å². The highest BCUT2D eigenvalue weighted by Crippen LogP contribution is 2.32. The highest BCUT2D eigenvalue weighted by atomic mass is 16.4. The van der Waals surface area contributed by atoms with E-state index in [0.717, 1.165) is 12.8 Å². The van der Waals surface area contributed by atoms with Gasteiger partial charge < -0.3 is 10.4 Å². The maximum absolute atomic E-state index is 11.9. The summed E-state index contributed by atoms with van der Waals surface area (Å²) in [5.74, 6) is -0.917. The summed E-state index contributed by atoms with van der Waals surface area (Å²) in [7, 11) is 1.58. The van der Waals surface area contributed by atoms with Crippen LogP contribution in [0, 0.1) is 5.92 Å². The van der Waals surface area contributed by atoms with Gasteiger partial charge in [0.2, 0.25) is 0 Å². The van der Waals surface area contributed by atoms with Gasteiger partial charge in [-0.1, -0.05) is 0 Å². The molecule has 1 heterocycles. The predicted octanol–water partition coefficient (Wildman–Crippen LogP) is 1.09. The maximum Gasteiger partial charge on any atom is 0.326 e. The van der Waals surface area contributed by atoms with Gasteiger partial charge in [-0.05, 0) is 30.9 Å².